The van der Waals surface area contributed by atoms with E-state index in [1.807, 2.05) is 0 Å². The molecule has 18 heavy (non-hydrogen) atoms. The summed E-state index contributed by atoms with van der Waals surface area (Å²) in [6, 6.07) is 27.5. The van der Waals surface area contributed by atoms with Crippen LogP contribution in [-0.4, -0.2) is 0 Å². The molecule has 0 N–H and O–H groups in total. The van der Waals surface area contributed by atoms with Gasteiger partial charge in [-0.1, -0.05) is 65.2 Å². The summed E-state index contributed by atoms with van der Waals surface area (Å²) in [7, 11) is 0. The first-order valence-electron chi connectivity index (χ1n) is 5.82. The van der Waals surface area contributed by atoms with Crippen LogP contribution in [0.3, 0.4) is 0 Å². The number of rotatable bonds is 2. The average molecular weight is 240 g/mol. The van der Waals surface area contributed by atoms with Gasteiger partial charge in [-0.25, -0.2) is 0 Å². The molecule has 0 aromatic heterocycles. The molecule has 0 spiro atoms. The maximum Gasteiger partial charge on any atom is 1.00 e. The van der Waals surface area contributed by atoms with Crippen LogP contribution >= 0.6 is 0 Å². The summed E-state index contributed by atoms with van der Waals surface area (Å²) < 4.78 is 0. The van der Waals surface area contributed by atoms with E-state index in [9.17, 15) is 0 Å². The Morgan fingerprint density at radius 3 is 1.89 bits per heavy atom. The Morgan fingerprint density at radius 1 is 0.611 bits per heavy atom. The molecule has 3 aromatic rings. The first-order chi connectivity index (χ1) is 8.45. The quantitative estimate of drug-likeness (QED) is 0.473. The van der Waals surface area contributed by atoms with Gasteiger partial charge in [-0.3, -0.25) is 0 Å². The largest absolute Gasteiger partial charge is 1.00 e. The molecule has 0 fully saturated rings. The van der Waals surface area contributed by atoms with E-state index in [1.165, 1.54) is 22.3 Å². The summed E-state index contributed by atoms with van der Waals surface area (Å²) in [5.74, 6) is 0. The van der Waals surface area contributed by atoms with Crippen molar-refractivity contribution in [3.8, 4) is 22.3 Å². The van der Waals surface area contributed by atoms with Crippen molar-refractivity contribution < 1.29 is 29.6 Å². The van der Waals surface area contributed by atoms with Gasteiger partial charge < -0.3 is 0 Å². The minimum absolute atomic E-state index is 0. The topological polar surface area (TPSA) is 0 Å². The van der Waals surface area contributed by atoms with Crippen molar-refractivity contribution in [1.82, 2.24) is 0 Å². The van der Waals surface area contributed by atoms with Gasteiger partial charge in [-0.05, 0) is 0 Å². The number of hydrogen-bond acceptors (Lipinski definition) is 0. The minimum Gasteiger partial charge on any atom is -0.136 e. The van der Waals surface area contributed by atoms with Gasteiger partial charge in [-0.2, -0.15) is 0 Å². The Bertz CT molecular complexity index is 540. The Hall–Kier alpha value is -1.21. The van der Waals surface area contributed by atoms with Gasteiger partial charge in [-0.15, -0.1) is 35.9 Å². The summed E-state index contributed by atoms with van der Waals surface area (Å²) in [6.07, 6.45) is 0. The van der Waals surface area contributed by atoms with Crippen LogP contribution in [-0.2, 0) is 0 Å². The summed E-state index contributed by atoms with van der Waals surface area (Å²) in [6.45, 7) is 0. The second-order valence-corrected chi connectivity index (χ2v) is 4.09. The van der Waals surface area contributed by atoms with Gasteiger partial charge in [0.2, 0.25) is 0 Å². The first-order valence-corrected chi connectivity index (χ1v) is 5.82. The van der Waals surface area contributed by atoms with Crippen molar-refractivity contribution in [2.75, 3.05) is 0 Å². The summed E-state index contributed by atoms with van der Waals surface area (Å²) in [5.41, 5.74) is 5.15. The third-order valence-corrected chi connectivity index (χ3v) is 2.99. The fraction of sp³-hybridized carbons (Fsp3) is 0. The fourth-order valence-corrected chi connectivity index (χ4v) is 2.16. The summed E-state index contributed by atoms with van der Waals surface area (Å²) in [4.78, 5) is 0. The van der Waals surface area contributed by atoms with E-state index < -0.39 is 0 Å². The zero-order valence-electron chi connectivity index (χ0n) is 10.5. The third kappa shape index (κ3) is 2.62. The predicted octanol–water partition coefficient (Wildman–Crippen LogP) is 1.74. The van der Waals surface area contributed by atoms with E-state index in [2.05, 4.69) is 78.9 Å². The molecule has 3 rings (SSSR count). The van der Waals surface area contributed by atoms with Gasteiger partial charge in [0.1, 0.15) is 0 Å². The van der Waals surface area contributed by atoms with Crippen LogP contribution in [0.5, 0.6) is 0 Å². The monoisotopic (exact) mass is 240 g/mol. The molecular weight excluding hydrogens is 227 g/mol. The van der Waals surface area contributed by atoms with Crippen LogP contribution in [0.4, 0.5) is 0 Å². The van der Waals surface area contributed by atoms with E-state index in [0.717, 1.165) is 0 Å². The van der Waals surface area contributed by atoms with E-state index >= 15 is 0 Å². The van der Waals surface area contributed by atoms with Crippen molar-refractivity contribution in [3.05, 3.63) is 78.9 Å². The first kappa shape index (κ1) is 13.2. The van der Waals surface area contributed by atoms with Crippen molar-refractivity contribution in [3.63, 3.8) is 0 Å². The van der Waals surface area contributed by atoms with E-state index in [0.29, 0.717) is 0 Å². The molecule has 0 atom stereocenters. The number of benzene rings is 2. The van der Waals surface area contributed by atoms with Crippen molar-refractivity contribution in [1.29, 1.82) is 0 Å². The molecule has 0 heterocycles. The molecule has 0 amide bonds. The fourth-order valence-electron chi connectivity index (χ4n) is 2.16. The molecule has 0 aliphatic rings. The second-order valence-electron chi connectivity index (χ2n) is 4.09. The Balaban J connectivity index is 0.00000120. The third-order valence-electron chi connectivity index (χ3n) is 2.99. The van der Waals surface area contributed by atoms with Crippen molar-refractivity contribution >= 4 is 0 Å². The Morgan fingerprint density at radius 2 is 1.22 bits per heavy atom. The molecule has 0 unspecified atom stereocenters. The molecular formula is C17H13Na. The smallest absolute Gasteiger partial charge is 0.136 e. The van der Waals surface area contributed by atoms with Gasteiger partial charge in [0.25, 0.3) is 0 Å². The Kier molecular flexibility index (Phi) is 4.48. The molecule has 0 bridgehead atoms. The van der Waals surface area contributed by atoms with Crippen LogP contribution in [0.2, 0.25) is 0 Å². The standard InChI is InChI=1S/C17H13.Na/c1-3-8-14(9-4-1)16-12-7-13-17(16)15-10-5-2-6-11-15;/h1-13H;/q-1;+1. The zero-order chi connectivity index (χ0) is 11.5. The molecule has 0 aliphatic heterocycles. The molecule has 0 nitrogen and oxygen atoms in total. The molecule has 0 saturated heterocycles. The number of hydrogen-bond donors (Lipinski definition) is 0. The van der Waals surface area contributed by atoms with Gasteiger partial charge in [0.05, 0.1) is 0 Å². The molecule has 0 radical (unpaired) electrons. The predicted molar refractivity (Wildman–Crippen MR) is 72.9 cm³/mol. The second kappa shape index (κ2) is 6.10. The molecule has 0 aliphatic carbocycles. The zero-order valence-corrected chi connectivity index (χ0v) is 12.5. The normalized spacial score (nSPS) is 9.78. The van der Waals surface area contributed by atoms with Gasteiger partial charge >= 0.3 is 29.6 Å². The SMILES string of the molecule is [Na+].c1ccc(-c2ccc[c-]2-c2ccccc2)cc1. The summed E-state index contributed by atoms with van der Waals surface area (Å²) in [5, 5.41) is 0. The van der Waals surface area contributed by atoms with E-state index in [1.54, 1.807) is 0 Å². The van der Waals surface area contributed by atoms with Gasteiger partial charge in [0.15, 0.2) is 0 Å². The minimum atomic E-state index is 0. The van der Waals surface area contributed by atoms with Gasteiger partial charge in [0, 0.05) is 0 Å². The molecule has 82 valence electrons. The van der Waals surface area contributed by atoms with Crippen LogP contribution in [0, 0.1) is 0 Å². The summed E-state index contributed by atoms with van der Waals surface area (Å²) >= 11 is 0. The van der Waals surface area contributed by atoms with Crippen molar-refractivity contribution in [2.45, 2.75) is 0 Å². The molecule has 1 heteroatoms. The maximum absolute atomic E-state index is 2.18. The molecule has 3 aromatic carbocycles. The van der Waals surface area contributed by atoms with Crippen LogP contribution < -0.4 is 29.6 Å². The van der Waals surface area contributed by atoms with Crippen LogP contribution in [0.25, 0.3) is 22.3 Å². The average Bonchev–Trinajstić information content (AvgIpc) is 2.90. The maximum atomic E-state index is 2.18. The molecule has 0 saturated carbocycles. The van der Waals surface area contributed by atoms with E-state index in [-0.39, 0.29) is 29.6 Å². The van der Waals surface area contributed by atoms with Crippen molar-refractivity contribution in [2.24, 2.45) is 0 Å². The van der Waals surface area contributed by atoms with Crippen LogP contribution in [0.1, 0.15) is 0 Å². The van der Waals surface area contributed by atoms with E-state index in [4.69, 9.17) is 0 Å². The Labute approximate surface area is 130 Å². The van der Waals surface area contributed by atoms with Crippen LogP contribution in [0.15, 0.2) is 78.9 Å².